The largest absolute Gasteiger partial charge is 0.480 e. The summed E-state index contributed by atoms with van der Waals surface area (Å²) in [5, 5.41) is 1.31. The fourth-order valence-corrected chi connectivity index (χ4v) is 5.06. The highest BCUT2D eigenvalue weighted by Crippen LogP contribution is 2.38. The number of pyridine rings is 1. The molecule has 2 aliphatic heterocycles. The molecule has 3 heterocycles. The second-order valence-electron chi connectivity index (χ2n) is 10.1. The van der Waals surface area contributed by atoms with E-state index in [0.717, 1.165) is 5.56 Å². The normalized spacial score (nSPS) is 21.3. The summed E-state index contributed by atoms with van der Waals surface area (Å²) in [6.07, 6.45) is 0. The highest BCUT2D eigenvalue weighted by atomic mass is 19.1. The molecular formula is C27H35FN6O4. The van der Waals surface area contributed by atoms with E-state index in [9.17, 15) is 18.8 Å². The number of rotatable bonds is 7. The number of hydrazine groups is 1. The first kappa shape index (κ1) is 27.5. The molecule has 204 valence electrons. The molecule has 38 heavy (non-hydrogen) atoms. The minimum atomic E-state index is -0.828. The number of hydrogen-bond acceptors (Lipinski definition) is 8. The summed E-state index contributed by atoms with van der Waals surface area (Å²) in [5.74, 6) is 3.98. The topological polar surface area (TPSA) is 112 Å². The molecule has 0 aliphatic carbocycles. The average molecular weight is 527 g/mol. The minimum absolute atomic E-state index is 0.0460. The molecule has 0 saturated carbocycles. The van der Waals surface area contributed by atoms with Crippen molar-refractivity contribution in [1.29, 1.82) is 0 Å². The van der Waals surface area contributed by atoms with Crippen molar-refractivity contribution >= 4 is 23.4 Å². The zero-order chi connectivity index (χ0) is 27.7. The van der Waals surface area contributed by atoms with E-state index in [1.807, 2.05) is 13.8 Å². The third-order valence-corrected chi connectivity index (χ3v) is 7.47. The second kappa shape index (κ2) is 11.0. The van der Waals surface area contributed by atoms with Gasteiger partial charge in [0.15, 0.2) is 5.82 Å². The van der Waals surface area contributed by atoms with Crippen LogP contribution >= 0.6 is 0 Å². The fraction of sp³-hybridized carbons (Fsp3) is 0.481. The molecule has 1 unspecified atom stereocenters. The number of aromatic nitrogens is 1. The van der Waals surface area contributed by atoms with Crippen molar-refractivity contribution in [2.24, 2.45) is 5.84 Å². The Hall–Kier alpha value is -3.57. The van der Waals surface area contributed by atoms with Crippen molar-refractivity contribution in [1.82, 2.24) is 19.7 Å². The van der Waals surface area contributed by atoms with Crippen LogP contribution in [0.25, 0.3) is 0 Å². The first-order valence-corrected chi connectivity index (χ1v) is 12.8. The Morgan fingerprint density at radius 2 is 1.82 bits per heavy atom. The number of halogens is 1. The van der Waals surface area contributed by atoms with Gasteiger partial charge in [-0.15, -0.1) is 0 Å². The molecule has 4 rings (SSSR count). The number of amides is 2. The summed E-state index contributed by atoms with van der Waals surface area (Å²) in [4.78, 5) is 49.3. The van der Waals surface area contributed by atoms with E-state index in [4.69, 9.17) is 10.6 Å². The summed E-state index contributed by atoms with van der Waals surface area (Å²) in [7, 11) is 2.99. The molecule has 2 aliphatic rings. The van der Waals surface area contributed by atoms with E-state index < -0.39 is 17.6 Å². The Morgan fingerprint density at radius 3 is 2.45 bits per heavy atom. The first-order valence-electron chi connectivity index (χ1n) is 12.8. The van der Waals surface area contributed by atoms with Crippen LogP contribution in [-0.2, 0) is 16.1 Å². The van der Waals surface area contributed by atoms with Crippen molar-refractivity contribution in [3.8, 4) is 5.88 Å². The number of carbonyl (C=O) groups is 3. The quantitative estimate of drug-likeness (QED) is 0.429. The Balaban J connectivity index is 1.58. The van der Waals surface area contributed by atoms with Crippen molar-refractivity contribution in [3.63, 3.8) is 0 Å². The van der Waals surface area contributed by atoms with Gasteiger partial charge in [-0.05, 0) is 44.5 Å². The van der Waals surface area contributed by atoms with Gasteiger partial charge in [0, 0.05) is 50.9 Å². The van der Waals surface area contributed by atoms with Crippen LogP contribution in [0.1, 0.15) is 48.2 Å². The van der Waals surface area contributed by atoms with E-state index >= 15 is 0 Å². The standard InChI is InChI=1S/C27H35FN6O4/c1-6-31(4)27(37)23(35)22-15-34(29)24-20(22)11-21(25(30-24)38-5)26(36)33-13-16(2)32(12-17(33)3)14-18-7-9-19(28)10-8-18/h7-11,16-17,22H,6,12-15,29H2,1-5H3/t16-,17+,22?/m0/s1. The third-order valence-electron chi connectivity index (χ3n) is 7.47. The number of methoxy groups -OCH3 is 1. The predicted octanol–water partition coefficient (Wildman–Crippen LogP) is 1.79. The van der Waals surface area contributed by atoms with Gasteiger partial charge in [0.1, 0.15) is 11.4 Å². The molecule has 0 radical (unpaired) electrons. The van der Waals surface area contributed by atoms with Gasteiger partial charge >= 0.3 is 0 Å². The van der Waals surface area contributed by atoms with Crippen LogP contribution in [0, 0.1) is 5.82 Å². The monoisotopic (exact) mass is 526 g/mol. The molecule has 2 N–H and O–H groups in total. The summed E-state index contributed by atoms with van der Waals surface area (Å²) in [6, 6.07) is 7.96. The summed E-state index contributed by atoms with van der Waals surface area (Å²) < 4.78 is 18.8. The zero-order valence-corrected chi connectivity index (χ0v) is 22.5. The minimum Gasteiger partial charge on any atom is -0.480 e. The predicted molar refractivity (Wildman–Crippen MR) is 140 cm³/mol. The van der Waals surface area contributed by atoms with Gasteiger partial charge in [0.05, 0.1) is 19.6 Å². The Bertz CT molecular complexity index is 1220. The molecule has 0 spiro atoms. The molecule has 2 amide bonds. The van der Waals surface area contributed by atoms with Gasteiger partial charge in [0.2, 0.25) is 11.7 Å². The van der Waals surface area contributed by atoms with Crippen molar-refractivity contribution in [2.45, 2.75) is 45.3 Å². The van der Waals surface area contributed by atoms with Crippen LogP contribution in [0.15, 0.2) is 30.3 Å². The average Bonchev–Trinajstić information content (AvgIpc) is 3.24. The lowest BCUT2D eigenvalue weighted by Gasteiger charge is -2.44. The number of likely N-dealkylation sites (N-methyl/N-ethyl adjacent to an activating group) is 1. The van der Waals surface area contributed by atoms with Crippen LogP contribution in [-0.4, -0.2) is 89.7 Å². The number of anilines is 1. The van der Waals surface area contributed by atoms with Gasteiger partial charge in [-0.3, -0.25) is 24.3 Å². The Kier molecular flexibility index (Phi) is 7.98. The van der Waals surface area contributed by atoms with Crippen LogP contribution in [0.4, 0.5) is 10.2 Å². The number of hydrogen-bond donors (Lipinski definition) is 1. The maximum atomic E-state index is 13.8. The van der Waals surface area contributed by atoms with Gasteiger partial charge in [-0.1, -0.05) is 12.1 Å². The summed E-state index contributed by atoms with van der Waals surface area (Å²) >= 11 is 0. The van der Waals surface area contributed by atoms with Crippen molar-refractivity contribution < 1.29 is 23.5 Å². The number of nitrogens with zero attached hydrogens (tertiary/aromatic N) is 5. The molecule has 0 bridgehead atoms. The number of ether oxygens (including phenoxy) is 1. The number of carbonyl (C=O) groups excluding carboxylic acids is 3. The lowest BCUT2D eigenvalue weighted by Crippen LogP contribution is -2.57. The van der Waals surface area contributed by atoms with Crippen LogP contribution in [0.2, 0.25) is 0 Å². The molecule has 1 aromatic heterocycles. The maximum Gasteiger partial charge on any atom is 0.290 e. The number of benzene rings is 1. The van der Waals surface area contributed by atoms with Crippen LogP contribution in [0.3, 0.4) is 0 Å². The smallest absolute Gasteiger partial charge is 0.290 e. The van der Waals surface area contributed by atoms with E-state index in [1.165, 1.54) is 29.2 Å². The van der Waals surface area contributed by atoms with Crippen molar-refractivity contribution in [2.75, 3.05) is 45.3 Å². The van der Waals surface area contributed by atoms with E-state index in [0.29, 0.717) is 37.6 Å². The first-order chi connectivity index (χ1) is 18.0. The zero-order valence-electron chi connectivity index (χ0n) is 22.5. The SMILES string of the molecule is CCN(C)C(=O)C(=O)C1CN(N)c2nc(OC)c(C(=O)N3C[C@H](C)N(Cc4ccc(F)cc4)C[C@H]3C)cc21. The molecule has 3 atom stereocenters. The molecule has 1 fully saturated rings. The van der Waals surface area contributed by atoms with Gasteiger partial charge < -0.3 is 14.5 Å². The number of fused-ring (bicyclic) bond motifs is 1. The molecular weight excluding hydrogens is 491 g/mol. The lowest BCUT2D eigenvalue weighted by molar-refractivity contribution is -0.144. The second-order valence-corrected chi connectivity index (χ2v) is 10.1. The highest BCUT2D eigenvalue weighted by molar-refractivity contribution is 6.38. The van der Waals surface area contributed by atoms with Crippen molar-refractivity contribution in [3.05, 3.63) is 52.8 Å². The van der Waals surface area contributed by atoms with Crippen LogP contribution < -0.4 is 15.6 Å². The molecule has 11 heteroatoms. The maximum absolute atomic E-state index is 13.8. The molecule has 10 nitrogen and oxygen atoms in total. The Morgan fingerprint density at radius 1 is 1.13 bits per heavy atom. The summed E-state index contributed by atoms with van der Waals surface area (Å²) in [6.45, 7) is 8.02. The number of nitrogens with two attached hydrogens (primary N) is 1. The number of ketones is 1. The fourth-order valence-electron chi connectivity index (χ4n) is 5.06. The molecule has 2 aromatic rings. The number of Topliss-reactive ketones (excluding diaryl/α,β-unsaturated/α-hetero) is 1. The van der Waals surface area contributed by atoms with E-state index in [-0.39, 0.29) is 41.8 Å². The molecule has 1 aromatic carbocycles. The third kappa shape index (κ3) is 5.21. The van der Waals surface area contributed by atoms with Gasteiger partial charge in [0.25, 0.3) is 11.8 Å². The number of piperazine rings is 1. The highest BCUT2D eigenvalue weighted by Gasteiger charge is 2.40. The van der Waals surface area contributed by atoms with E-state index in [2.05, 4.69) is 9.88 Å². The lowest BCUT2D eigenvalue weighted by atomic mass is 9.95. The van der Waals surface area contributed by atoms with Gasteiger partial charge in [-0.2, -0.15) is 4.98 Å². The van der Waals surface area contributed by atoms with Gasteiger partial charge in [-0.25, -0.2) is 10.2 Å². The van der Waals surface area contributed by atoms with E-state index in [1.54, 1.807) is 37.1 Å². The molecule has 1 saturated heterocycles. The Labute approximate surface area is 222 Å². The van der Waals surface area contributed by atoms with Crippen LogP contribution in [0.5, 0.6) is 5.88 Å². The summed E-state index contributed by atoms with van der Waals surface area (Å²) in [5.41, 5.74) is 1.66.